The number of rotatable bonds is 3. The van der Waals surface area contributed by atoms with Crippen LogP contribution in [0.2, 0.25) is 0 Å². The molecule has 1 atom stereocenters. The molecule has 0 saturated heterocycles. The molecule has 0 aliphatic heterocycles. The summed E-state index contributed by atoms with van der Waals surface area (Å²) in [5.41, 5.74) is 0. The van der Waals surface area contributed by atoms with E-state index in [9.17, 15) is 4.79 Å². The van der Waals surface area contributed by atoms with Crippen molar-refractivity contribution in [3.63, 3.8) is 0 Å². The van der Waals surface area contributed by atoms with Gasteiger partial charge in [0.25, 0.3) is 0 Å². The molecule has 3 heteroatoms. The number of nitriles is 1. The van der Waals surface area contributed by atoms with Crippen molar-refractivity contribution in [2.45, 2.75) is 19.8 Å². The Hall–Kier alpha value is -1.04. The van der Waals surface area contributed by atoms with Gasteiger partial charge in [-0.3, -0.25) is 4.79 Å². The Kier molecular flexibility index (Phi) is 3.45. The molecule has 0 amide bonds. The van der Waals surface area contributed by atoms with E-state index in [1.54, 1.807) is 6.07 Å². The van der Waals surface area contributed by atoms with E-state index in [4.69, 9.17) is 10.4 Å². The normalized spacial score (nSPS) is 12.0. The molecule has 50 valence electrons. The topological polar surface area (TPSA) is 61.1 Å². The molecule has 0 radical (unpaired) electrons. The molecular formula is C6H9NO2. The van der Waals surface area contributed by atoms with E-state index in [1.165, 1.54) is 0 Å². The maximum absolute atomic E-state index is 10.1. The first-order chi connectivity index (χ1) is 4.22. The molecule has 0 aromatic rings. The van der Waals surface area contributed by atoms with Crippen molar-refractivity contribution >= 4 is 5.97 Å². The Morgan fingerprint density at radius 3 is 2.56 bits per heavy atom. The fourth-order valence-electron chi connectivity index (χ4n) is 0.532. The largest absolute Gasteiger partial charge is 0.480 e. The summed E-state index contributed by atoms with van der Waals surface area (Å²) in [4.78, 5) is 10.1. The molecule has 0 saturated carbocycles. The van der Waals surface area contributed by atoms with Crippen molar-refractivity contribution in [3.05, 3.63) is 0 Å². The van der Waals surface area contributed by atoms with Crippen LogP contribution < -0.4 is 0 Å². The summed E-state index contributed by atoms with van der Waals surface area (Å²) in [6, 6.07) is 1.70. The lowest BCUT2D eigenvalue weighted by Crippen LogP contribution is -2.10. The van der Waals surface area contributed by atoms with Crippen LogP contribution in [0.25, 0.3) is 0 Å². The first kappa shape index (κ1) is 7.96. The number of aliphatic carboxylic acids is 1. The maximum atomic E-state index is 10.1. The summed E-state index contributed by atoms with van der Waals surface area (Å²) in [6.07, 6.45) is 1.19. The molecule has 0 bridgehead atoms. The first-order valence-corrected chi connectivity index (χ1v) is 2.84. The molecule has 0 aliphatic carbocycles. The van der Waals surface area contributed by atoms with Crippen LogP contribution in [0.4, 0.5) is 0 Å². The number of carbonyl (C=O) groups is 1. The third kappa shape index (κ3) is 2.70. The molecule has 0 aromatic heterocycles. The highest BCUT2D eigenvalue weighted by atomic mass is 16.4. The van der Waals surface area contributed by atoms with Crippen molar-refractivity contribution in [1.29, 1.82) is 5.26 Å². The van der Waals surface area contributed by atoms with Crippen molar-refractivity contribution in [2.75, 3.05) is 0 Å². The Morgan fingerprint density at radius 1 is 1.89 bits per heavy atom. The summed E-state index contributed by atoms with van der Waals surface area (Å²) in [7, 11) is 0. The molecule has 3 nitrogen and oxygen atoms in total. The van der Waals surface area contributed by atoms with E-state index >= 15 is 0 Å². The maximum Gasteiger partial charge on any atom is 0.320 e. The molecule has 0 aromatic carbocycles. The van der Waals surface area contributed by atoms with Crippen LogP contribution in [0, 0.1) is 17.2 Å². The monoisotopic (exact) mass is 127 g/mol. The van der Waals surface area contributed by atoms with Gasteiger partial charge in [-0.25, -0.2) is 0 Å². The summed E-state index contributed by atoms with van der Waals surface area (Å²) in [5.74, 6) is -1.82. The van der Waals surface area contributed by atoms with E-state index in [0.717, 1.165) is 6.42 Å². The molecule has 0 rings (SSSR count). The number of nitrogens with zero attached hydrogens (tertiary/aromatic N) is 1. The van der Waals surface area contributed by atoms with E-state index in [0.29, 0.717) is 6.42 Å². The molecule has 0 heterocycles. The van der Waals surface area contributed by atoms with Gasteiger partial charge in [-0.15, -0.1) is 0 Å². The van der Waals surface area contributed by atoms with Crippen molar-refractivity contribution < 1.29 is 9.90 Å². The van der Waals surface area contributed by atoms with Gasteiger partial charge in [0.15, 0.2) is 0 Å². The predicted molar refractivity (Wildman–Crippen MR) is 31.6 cm³/mol. The fraction of sp³-hybridized carbons (Fsp3) is 0.667. The van der Waals surface area contributed by atoms with Crippen LogP contribution >= 0.6 is 0 Å². The molecule has 9 heavy (non-hydrogen) atoms. The van der Waals surface area contributed by atoms with E-state index < -0.39 is 11.9 Å². The van der Waals surface area contributed by atoms with Gasteiger partial charge < -0.3 is 5.11 Å². The van der Waals surface area contributed by atoms with Gasteiger partial charge in [-0.05, 0) is 6.42 Å². The van der Waals surface area contributed by atoms with Gasteiger partial charge >= 0.3 is 5.97 Å². The molecule has 0 aliphatic rings. The van der Waals surface area contributed by atoms with Gasteiger partial charge in [-0.2, -0.15) is 5.26 Å². The van der Waals surface area contributed by atoms with Crippen LogP contribution in [-0.2, 0) is 4.79 Å². The summed E-state index contributed by atoms with van der Waals surface area (Å²) in [6.45, 7) is 1.85. The smallest absolute Gasteiger partial charge is 0.320 e. The van der Waals surface area contributed by atoms with Crippen LogP contribution in [0.3, 0.4) is 0 Å². The summed E-state index contributed by atoms with van der Waals surface area (Å²) < 4.78 is 0. The van der Waals surface area contributed by atoms with Crippen molar-refractivity contribution in [3.8, 4) is 6.07 Å². The number of carboxylic acid groups (broad SMARTS) is 1. The van der Waals surface area contributed by atoms with E-state index in [1.807, 2.05) is 6.92 Å². The first-order valence-electron chi connectivity index (χ1n) is 2.84. The third-order valence-electron chi connectivity index (χ3n) is 1.03. The lowest BCUT2D eigenvalue weighted by Gasteiger charge is -1.97. The SMILES string of the molecule is CCC[C@H](C#N)C(=O)O. The lowest BCUT2D eigenvalue weighted by atomic mass is 10.1. The van der Waals surface area contributed by atoms with E-state index in [2.05, 4.69) is 0 Å². The quantitative estimate of drug-likeness (QED) is 0.615. The highest BCUT2D eigenvalue weighted by Crippen LogP contribution is 2.03. The zero-order valence-electron chi connectivity index (χ0n) is 5.29. The van der Waals surface area contributed by atoms with Gasteiger partial charge in [0, 0.05) is 0 Å². The zero-order chi connectivity index (χ0) is 7.28. The second-order valence-electron chi connectivity index (χ2n) is 1.81. The van der Waals surface area contributed by atoms with Crippen LogP contribution in [0.5, 0.6) is 0 Å². The highest BCUT2D eigenvalue weighted by Gasteiger charge is 2.13. The molecule has 0 fully saturated rings. The number of hydrogen-bond acceptors (Lipinski definition) is 2. The summed E-state index contributed by atoms with van der Waals surface area (Å²) in [5, 5.41) is 16.5. The van der Waals surface area contributed by atoms with E-state index in [-0.39, 0.29) is 0 Å². The van der Waals surface area contributed by atoms with Crippen molar-refractivity contribution in [1.82, 2.24) is 0 Å². The Labute approximate surface area is 53.9 Å². The van der Waals surface area contributed by atoms with Gasteiger partial charge in [0.2, 0.25) is 0 Å². The average molecular weight is 127 g/mol. The minimum absolute atomic E-state index is 0.450. The van der Waals surface area contributed by atoms with Crippen LogP contribution in [0.1, 0.15) is 19.8 Å². The highest BCUT2D eigenvalue weighted by molar-refractivity contribution is 5.72. The minimum atomic E-state index is -1.01. The Bertz CT molecular complexity index is 136. The standard InChI is InChI=1S/C6H9NO2/c1-2-3-5(4-7)6(8)9/h5H,2-3H2,1H3,(H,8,9)/t5-/m1/s1. The predicted octanol–water partition coefficient (Wildman–Crippen LogP) is 1.01. The number of hydrogen-bond donors (Lipinski definition) is 1. The van der Waals surface area contributed by atoms with Gasteiger partial charge in [-0.1, -0.05) is 13.3 Å². The van der Waals surface area contributed by atoms with Crippen molar-refractivity contribution in [2.24, 2.45) is 5.92 Å². The second kappa shape index (κ2) is 3.90. The lowest BCUT2D eigenvalue weighted by molar-refractivity contribution is -0.139. The van der Waals surface area contributed by atoms with Gasteiger partial charge in [0.1, 0.15) is 5.92 Å². The summed E-state index contributed by atoms with van der Waals surface area (Å²) >= 11 is 0. The second-order valence-corrected chi connectivity index (χ2v) is 1.81. The molecule has 0 unspecified atom stereocenters. The van der Waals surface area contributed by atoms with Crippen LogP contribution in [-0.4, -0.2) is 11.1 Å². The Balaban J connectivity index is 3.72. The minimum Gasteiger partial charge on any atom is -0.480 e. The fourth-order valence-corrected chi connectivity index (χ4v) is 0.532. The zero-order valence-corrected chi connectivity index (χ0v) is 5.29. The molecule has 1 N–H and O–H groups in total. The number of carboxylic acids is 1. The average Bonchev–Trinajstić information content (AvgIpc) is 1.82. The molecular weight excluding hydrogens is 118 g/mol. The van der Waals surface area contributed by atoms with Gasteiger partial charge in [0.05, 0.1) is 6.07 Å². The van der Waals surface area contributed by atoms with Crippen LogP contribution in [0.15, 0.2) is 0 Å². The molecule has 0 spiro atoms. The Morgan fingerprint density at radius 2 is 2.44 bits per heavy atom. The third-order valence-corrected chi connectivity index (χ3v) is 1.03.